The van der Waals surface area contributed by atoms with Crippen LogP contribution in [-0.2, 0) is 19.9 Å². The van der Waals surface area contributed by atoms with Crippen LogP contribution in [0.25, 0.3) is 5.52 Å². The van der Waals surface area contributed by atoms with E-state index >= 15 is 0 Å². The Labute approximate surface area is 211 Å². The van der Waals surface area contributed by atoms with Gasteiger partial charge >= 0.3 is 5.97 Å². The van der Waals surface area contributed by atoms with Crippen molar-refractivity contribution in [3.63, 3.8) is 0 Å². The molecule has 4 atom stereocenters. The Bertz CT molecular complexity index is 1430. The first-order chi connectivity index (χ1) is 17.9. The van der Waals surface area contributed by atoms with E-state index < -0.39 is 42.4 Å². The molecule has 3 aromatic rings. The van der Waals surface area contributed by atoms with Crippen LogP contribution in [0.3, 0.4) is 0 Å². The average Bonchev–Trinajstić information content (AvgIpc) is 3.48. The van der Waals surface area contributed by atoms with Crippen molar-refractivity contribution in [2.24, 2.45) is 0 Å². The van der Waals surface area contributed by atoms with Gasteiger partial charge in [0.2, 0.25) is 5.60 Å². The molecule has 0 aliphatic carbocycles. The lowest BCUT2D eigenvalue weighted by Crippen LogP contribution is -2.44. The Balaban J connectivity index is 1.77. The first-order valence-corrected chi connectivity index (χ1v) is 11.1. The van der Waals surface area contributed by atoms with Gasteiger partial charge in [-0.2, -0.15) is 10.4 Å². The number of carbonyl (C=O) groups excluding carboxylic acids is 2. The molecule has 3 heterocycles. The molecule has 1 aromatic carbocycles. The maximum Gasteiger partial charge on any atom is 0.338 e. The SMILES string of the molecule is C=C/C=C(\C=C)C(=O)Nc1ncnn2c(C3(C#N)OC(CO)C(O)C3OC(=O)c3ccccc3)ccc12. The molecule has 37 heavy (non-hydrogen) atoms. The van der Waals surface area contributed by atoms with Gasteiger partial charge in [0, 0.05) is 5.57 Å². The summed E-state index contributed by atoms with van der Waals surface area (Å²) in [6.45, 7) is 6.53. The minimum atomic E-state index is -2.05. The van der Waals surface area contributed by atoms with Gasteiger partial charge in [0.15, 0.2) is 11.9 Å². The molecule has 11 nitrogen and oxygen atoms in total. The number of nitriles is 1. The van der Waals surface area contributed by atoms with E-state index in [0.29, 0.717) is 5.52 Å². The predicted molar refractivity (Wildman–Crippen MR) is 131 cm³/mol. The number of nitrogens with zero attached hydrogens (tertiary/aromatic N) is 4. The molecule has 1 amide bonds. The molecule has 0 bridgehead atoms. The summed E-state index contributed by atoms with van der Waals surface area (Å²) >= 11 is 0. The number of hydrogen-bond acceptors (Lipinski definition) is 9. The lowest BCUT2D eigenvalue weighted by molar-refractivity contribution is -0.112. The maximum absolute atomic E-state index is 12.8. The van der Waals surface area contributed by atoms with E-state index in [-0.39, 0.29) is 22.6 Å². The van der Waals surface area contributed by atoms with Crippen molar-refractivity contribution in [3.8, 4) is 6.07 Å². The summed E-state index contributed by atoms with van der Waals surface area (Å²) in [5.74, 6) is -1.18. The number of rotatable bonds is 8. The molecule has 1 saturated heterocycles. The number of ether oxygens (including phenoxy) is 2. The largest absolute Gasteiger partial charge is 0.451 e. The normalized spacial score (nSPS) is 23.3. The number of amides is 1. The second-order valence-electron chi connectivity index (χ2n) is 8.01. The number of anilines is 1. The lowest BCUT2D eigenvalue weighted by Gasteiger charge is -2.27. The Kier molecular flexibility index (Phi) is 7.26. The highest BCUT2D eigenvalue weighted by Crippen LogP contribution is 2.42. The monoisotopic (exact) mass is 501 g/mol. The van der Waals surface area contributed by atoms with Crippen LogP contribution in [0.4, 0.5) is 5.82 Å². The smallest absolute Gasteiger partial charge is 0.338 e. The molecule has 3 N–H and O–H groups in total. The predicted octanol–water partition coefficient (Wildman–Crippen LogP) is 1.66. The number of aromatic nitrogens is 3. The third kappa shape index (κ3) is 4.52. The quantitative estimate of drug-likeness (QED) is 0.237. The van der Waals surface area contributed by atoms with Crippen LogP contribution in [0.2, 0.25) is 0 Å². The zero-order valence-electron chi connectivity index (χ0n) is 19.5. The third-order valence-corrected chi connectivity index (χ3v) is 5.86. The van der Waals surface area contributed by atoms with E-state index in [1.165, 1.54) is 47.0 Å². The molecule has 0 spiro atoms. The number of hydrogen-bond donors (Lipinski definition) is 3. The Morgan fingerprint density at radius 3 is 2.68 bits per heavy atom. The molecular formula is C26H23N5O6. The van der Waals surface area contributed by atoms with Crippen molar-refractivity contribution in [2.45, 2.75) is 23.9 Å². The summed E-state index contributed by atoms with van der Waals surface area (Å²) in [7, 11) is 0. The standard InChI is InChI=1S/C26H23N5O6/c1-3-8-16(4-2)24(34)30-23-18-11-12-20(31(18)29-15-28-23)26(14-27)22(21(33)19(13-32)37-26)36-25(35)17-9-6-5-7-10-17/h3-12,15,19,21-22,32-33H,1-2,13H2,(H,28,29,30,34)/b16-8+. The van der Waals surface area contributed by atoms with Crippen LogP contribution in [0.15, 0.2) is 85.8 Å². The molecule has 0 radical (unpaired) electrons. The fourth-order valence-electron chi connectivity index (χ4n) is 4.07. The van der Waals surface area contributed by atoms with Crippen molar-refractivity contribution in [1.29, 1.82) is 5.26 Å². The highest BCUT2D eigenvalue weighted by Gasteiger charge is 2.60. The average molecular weight is 501 g/mol. The van der Waals surface area contributed by atoms with Crippen molar-refractivity contribution >= 4 is 23.2 Å². The first kappa shape index (κ1) is 25.5. The van der Waals surface area contributed by atoms with Crippen LogP contribution >= 0.6 is 0 Å². The van der Waals surface area contributed by atoms with E-state index in [2.05, 4.69) is 28.6 Å². The number of esters is 1. The van der Waals surface area contributed by atoms with Gasteiger partial charge in [0.25, 0.3) is 5.91 Å². The molecule has 1 fully saturated rings. The number of benzene rings is 1. The van der Waals surface area contributed by atoms with Crippen molar-refractivity contribution < 1.29 is 29.3 Å². The molecule has 1 aliphatic heterocycles. The van der Waals surface area contributed by atoms with Crippen molar-refractivity contribution in [1.82, 2.24) is 14.6 Å². The highest BCUT2D eigenvalue weighted by molar-refractivity contribution is 6.07. The number of fused-ring (bicyclic) bond motifs is 1. The second-order valence-corrected chi connectivity index (χ2v) is 8.01. The molecule has 1 aliphatic rings. The molecule has 188 valence electrons. The summed E-state index contributed by atoms with van der Waals surface area (Å²) in [6, 6.07) is 13.1. The fourth-order valence-corrected chi connectivity index (χ4v) is 4.07. The summed E-state index contributed by atoms with van der Waals surface area (Å²) < 4.78 is 12.7. The van der Waals surface area contributed by atoms with Gasteiger partial charge in [0.1, 0.15) is 30.1 Å². The zero-order valence-corrected chi connectivity index (χ0v) is 19.5. The number of aliphatic hydroxyl groups is 2. The second kappa shape index (κ2) is 10.5. The summed E-state index contributed by atoms with van der Waals surface area (Å²) in [6.07, 6.45) is 1.16. The fraction of sp³-hybridized carbons (Fsp3) is 0.192. The Hall–Kier alpha value is -4.63. The van der Waals surface area contributed by atoms with E-state index in [9.17, 15) is 25.1 Å². The number of allylic oxidation sites excluding steroid dienone is 2. The maximum atomic E-state index is 12.8. The van der Waals surface area contributed by atoms with Gasteiger partial charge in [0.05, 0.1) is 17.9 Å². The summed E-state index contributed by atoms with van der Waals surface area (Å²) in [5.41, 5.74) is -1.22. The molecule has 4 unspecified atom stereocenters. The van der Waals surface area contributed by atoms with Crippen LogP contribution in [0.1, 0.15) is 16.1 Å². The Morgan fingerprint density at radius 2 is 2.03 bits per heavy atom. The molecule has 4 rings (SSSR count). The number of nitrogens with one attached hydrogen (secondary N) is 1. The van der Waals surface area contributed by atoms with E-state index in [4.69, 9.17) is 9.47 Å². The molecule has 2 aromatic heterocycles. The minimum Gasteiger partial charge on any atom is -0.451 e. The number of aliphatic hydroxyl groups excluding tert-OH is 2. The van der Waals surface area contributed by atoms with Crippen LogP contribution < -0.4 is 5.32 Å². The van der Waals surface area contributed by atoms with Crippen LogP contribution in [-0.4, -0.2) is 61.6 Å². The lowest BCUT2D eigenvalue weighted by atomic mass is 9.92. The van der Waals surface area contributed by atoms with Crippen molar-refractivity contribution in [3.05, 3.63) is 97.0 Å². The van der Waals surface area contributed by atoms with E-state index in [1.54, 1.807) is 18.2 Å². The molecular weight excluding hydrogens is 478 g/mol. The zero-order chi connectivity index (χ0) is 26.6. The van der Waals surface area contributed by atoms with Gasteiger partial charge in [-0.25, -0.2) is 14.3 Å². The van der Waals surface area contributed by atoms with Crippen LogP contribution in [0.5, 0.6) is 0 Å². The van der Waals surface area contributed by atoms with E-state index in [0.717, 1.165) is 6.33 Å². The molecule has 11 heteroatoms. The molecule has 0 saturated carbocycles. The number of carbonyl (C=O) groups is 2. The van der Waals surface area contributed by atoms with Gasteiger partial charge in [-0.05, 0) is 24.3 Å². The van der Waals surface area contributed by atoms with E-state index in [1.807, 2.05) is 6.07 Å². The topological polar surface area (TPSA) is 159 Å². The van der Waals surface area contributed by atoms with Crippen LogP contribution in [0, 0.1) is 11.3 Å². The minimum absolute atomic E-state index is 0.0920. The third-order valence-electron chi connectivity index (χ3n) is 5.86. The highest BCUT2D eigenvalue weighted by atomic mass is 16.6. The van der Waals surface area contributed by atoms with Crippen molar-refractivity contribution in [2.75, 3.05) is 11.9 Å². The summed E-state index contributed by atoms with van der Waals surface area (Å²) in [5, 5.41) is 37.8. The van der Waals surface area contributed by atoms with Gasteiger partial charge in [-0.1, -0.05) is 49.6 Å². The van der Waals surface area contributed by atoms with Gasteiger partial charge < -0.3 is 25.0 Å². The van der Waals surface area contributed by atoms with Gasteiger partial charge in [-0.15, -0.1) is 0 Å². The Morgan fingerprint density at radius 1 is 1.27 bits per heavy atom. The summed E-state index contributed by atoms with van der Waals surface area (Å²) in [4.78, 5) is 29.6. The first-order valence-electron chi connectivity index (χ1n) is 11.1. The van der Waals surface area contributed by atoms with Gasteiger partial charge in [-0.3, -0.25) is 4.79 Å².